The minimum atomic E-state index is -0.0561. The molecule has 0 radical (unpaired) electrons. The predicted molar refractivity (Wildman–Crippen MR) is 58.8 cm³/mol. The number of urea groups is 1. The molecular formula is C10H17N5O. The van der Waals surface area contributed by atoms with Crippen molar-refractivity contribution in [2.75, 3.05) is 45.8 Å². The average molecular weight is 223 g/mol. The maximum atomic E-state index is 11.3. The van der Waals surface area contributed by atoms with Crippen molar-refractivity contribution in [2.45, 2.75) is 6.04 Å². The van der Waals surface area contributed by atoms with E-state index in [9.17, 15) is 4.79 Å². The molecule has 0 saturated carbocycles. The zero-order valence-corrected chi connectivity index (χ0v) is 9.28. The Kier molecular flexibility index (Phi) is 3.59. The second kappa shape index (κ2) is 5.14. The second-order valence-electron chi connectivity index (χ2n) is 4.10. The quantitative estimate of drug-likeness (QED) is 0.631. The predicted octanol–water partition coefficient (Wildman–Crippen LogP) is -1.19. The van der Waals surface area contributed by atoms with E-state index in [0.717, 1.165) is 39.3 Å². The summed E-state index contributed by atoms with van der Waals surface area (Å²) in [5.41, 5.74) is 0. The lowest BCUT2D eigenvalue weighted by Crippen LogP contribution is -2.52. The Bertz CT molecular complexity index is 300. The Morgan fingerprint density at radius 2 is 2.25 bits per heavy atom. The molecule has 88 valence electrons. The zero-order valence-electron chi connectivity index (χ0n) is 9.28. The fourth-order valence-corrected chi connectivity index (χ4v) is 2.11. The van der Waals surface area contributed by atoms with Gasteiger partial charge in [0.15, 0.2) is 0 Å². The number of nitrogens with zero attached hydrogens (tertiary/aromatic N) is 3. The molecule has 2 aliphatic rings. The van der Waals surface area contributed by atoms with Crippen LogP contribution in [0.1, 0.15) is 0 Å². The van der Waals surface area contributed by atoms with Crippen LogP contribution in [0.4, 0.5) is 4.79 Å². The van der Waals surface area contributed by atoms with E-state index >= 15 is 0 Å². The molecule has 2 amide bonds. The highest BCUT2D eigenvalue weighted by molar-refractivity contribution is 5.76. The lowest BCUT2D eigenvalue weighted by atomic mass is 10.2. The summed E-state index contributed by atoms with van der Waals surface area (Å²) in [5, 5.41) is 14.9. The third-order valence-electron chi connectivity index (χ3n) is 3.11. The van der Waals surface area contributed by atoms with Crippen LogP contribution >= 0.6 is 0 Å². The lowest BCUT2D eigenvalue weighted by molar-refractivity contribution is 0.171. The normalized spacial score (nSPS) is 26.6. The van der Waals surface area contributed by atoms with Crippen molar-refractivity contribution in [3.05, 3.63) is 0 Å². The van der Waals surface area contributed by atoms with Crippen molar-refractivity contribution in [3.63, 3.8) is 0 Å². The van der Waals surface area contributed by atoms with Crippen LogP contribution in [-0.2, 0) is 0 Å². The number of hydrogen-bond acceptors (Lipinski definition) is 4. The molecule has 1 atom stereocenters. The molecule has 2 saturated heterocycles. The van der Waals surface area contributed by atoms with Crippen molar-refractivity contribution in [1.82, 2.24) is 20.4 Å². The number of hydrogen-bond donors (Lipinski definition) is 2. The van der Waals surface area contributed by atoms with Crippen molar-refractivity contribution < 1.29 is 4.79 Å². The monoisotopic (exact) mass is 223 g/mol. The van der Waals surface area contributed by atoms with E-state index in [4.69, 9.17) is 5.26 Å². The first-order valence-electron chi connectivity index (χ1n) is 5.68. The summed E-state index contributed by atoms with van der Waals surface area (Å²) in [6, 6.07) is 2.25. The molecule has 0 aliphatic carbocycles. The van der Waals surface area contributed by atoms with E-state index in [0.29, 0.717) is 6.54 Å². The standard InChI is InChI=1S/C10H17N5O/c11-7-9-8-12-1-3-14(9)5-6-15-4-2-13-10(15)16/h9,12H,1-6,8H2,(H,13,16). The summed E-state index contributed by atoms with van der Waals surface area (Å²) < 4.78 is 0. The summed E-state index contributed by atoms with van der Waals surface area (Å²) in [6.45, 7) is 5.54. The number of rotatable bonds is 3. The number of nitrogens with one attached hydrogen (secondary N) is 2. The summed E-state index contributed by atoms with van der Waals surface area (Å²) in [4.78, 5) is 15.3. The van der Waals surface area contributed by atoms with Crippen LogP contribution in [0.15, 0.2) is 0 Å². The molecule has 0 bridgehead atoms. The van der Waals surface area contributed by atoms with Gasteiger partial charge in [0.25, 0.3) is 0 Å². The molecule has 2 rings (SSSR count). The van der Waals surface area contributed by atoms with Gasteiger partial charge in [-0.2, -0.15) is 5.26 Å². The van der Waals surface area contributed by atoms with Gasteiger partial charge in [0.2, 0.25) is 0 Å². The smallest absolute Gasteiger partial charge is 0.317 e. The van der Waals surface area contributed by atoms with Gasteiger partial charge in [-0.1, -0.05) is 0 Å². The first kappa shape index (κ1) is 11.2. The van der Waals surface area contributed by atoms with Gasteiger partial charge < -0.3 is 15.5 Å². The molecule has 2 N–H and O–H groups in total. The molecule has 16 heavy (non-hydrogen) atoms. The number of nitriles is 1. The molecule has 0 aromatic rings. The third kappa shape index (κ3) is 2.43. The maximum Gasteiger partial charge on any atom is 0.317 e. The minimum Gasteiger partial charge on any atom is -0.336 e. The van der Waals surface area contributed by atoms with E-state index in [1.54, 1.807) is 4.90 Å². The van der Waals surface area contributed by atoms with Crippen LogP contribution in [0.2, 0.25) is 0 Å². The fourth-order valence-electron chi connectivity index (χ4n) is 2.11. The molecule has 2 aliphatic heterocycles. The van der Waals surface area contributed by atoms with Gasteiger partial charge >= 0.3 is 6.03 Å². The topological polar surface area (TPSA) is 71.4 Å². The van der Waals surface area contributed by atoms with Crippen LogP contribution in [-0.4, -0.2) is 67.7 Å². The number of carbonyl (C=O) groups is 1. The Labute approximate surface area is 95.2 Å². The summed E-state index contributed by atoms with van der Waals surface area (Å²) in [6.07, 6.45) is 0. The highest BCUT2D eigenvalue weighted by Gasteiger charge is 2.24. The van der Waals surface area contributed by atoms with E-state index in [1.807, 2.05) is 0 Å². The molecule has 0 aromatic heterocycles. The molecule has 6 nitrogen and oxygen atoms in total. The largest absolute Gasteiger partial charge is 0.336 e. The van der Waals surface area contributed by atoms with Crippen LogP contribution in [0.3, 0.4) is 0 Å². The van der Waals surface area contributed by atoms with E-state index < -0.39 is 0 Å². The number of carbonyl (C=O) groups excluding carboxylic acids is 1. The van der Waals surface area contributed by atoms with Gasteiger partial charge in [-0.25, -0.2) is 4.79 Å². The molecule has 6 heteroatoms. The molecule has 0 aromatic carbocycles. The second-order valence-corrected chi connectivity index (χ2v) is 4.10. The third-order valence-corrected chi connectivity index (χ3v) is 3.11. The lowest BCUT2D eigenvalue weighted by Gasteiger charge is -2.32. The Balaban J connectivity index is 1.80. The van der Waals surface area contributed by atoms with Gasteiger partial charge in [-0.15, -0.1) is 0 Å². The Morgan fingerprint density at radius 1 is 1.38 bits per heavy atom. The van der Waals surface area contributed by atoms with E-state index in [2.05, 4.69) is 21.6 Å². The SMILES string of the molecule is N#CC1CNCCN1CCN1CCNC1=O. The molecule has 1 unspecified atom stereocenters. The molecule has 0 spiro atoms. The van der Waals surface area contributed by atoms with Gasteiger partial charge in [0.05, 0.1) is 6.07 Å². The van der Waals surface area contributed by atoms with Crippen LogP contribution < -0.4 is 10.6 Å². The van der Waals surface area contributed by atoms with Crippen molar-refractivity contribution >= 4 is 6.03 Å². The summed E-state index contributed by atoms with van der Waals surface area (Å²) in [5.74, 6) is 0. The molecular weight excluding hydrogens is 206 g/mol. The maximum absolute atomic E-state index is 11.3. The molecule has 2 fully saturated rings. The Morgan fingerprint density at radius 3 is 2.94 bits per heavy atom. The minimum absolute atomic E-state index is 0.0173. The van der Waals surface area contributed by atoms with Crippen LogP contribution in [0.25, 0.3) is 0 Å². The van der Waals surface area contributed by atoms with Gasteiger partial charge in [-0.05, 0) is 0 Å². The van der Waals surface area contributed by atoms with E-state index in [-0.39, 0.29) is 12.1 Å². The van der Waals surface area contributed by atoms with Crippen molar-refractivity contribution in [3.8, 4) is 6.07 Å². The highest BCUT2D eigenvalue weighted by atomic mass is 16.2. The van der Waals surface area contributed by atoms with Gasteiger partial charge in [0.1, 0.15) is 6.04 Å². The summed E-state index contributed by atoms with van der Waals surface area (Å²) in [7, 11) is 0. The van der Waals surface area contributed by atoms with Gasteiger partial charge in [0, 0.05) is 45.8 Å². The van der Waals surface area contributed by atoms with E-state index in [1.165, 1.54) is 0 Å². The summed E-state index contributed by atoms with van der Waals surface area (Å²) >= 11 is 0. The van der Waals surface area contributed by atoms with Crippen molar-refractivity contribution in [2.24, 2.45) is 0 Å². The van der Waals surface area contributed by atoms with Crippen LogP contribution in [0, 0.1) is 11.3 Å². The average Bonchev–Trinajstić information content (AvgIpc) is 2.72. The van der Waals surface area contributed by atoms with Crippen LogP contribution in [0.5, 0.6) is 0 Å². The Hall–Kier alpha value is -1.32. The molecule has 2 heterocycles. The zero-order chi connectivity index (χ0) is 11.4. The highest BCUT2D eigenvalue weighted by Crippen LogP contribution is 2.03. The van der Waals surface area contributed by atoms with Crippen molar-refractivity contribution in [1.29, 1.82) is 5.26 Å². The fraction of sp³-hybridized carbons (Fsp3) is 0.800. The first-order chi connectivity index (χ1) is 7.81. The number of piperazine rings is 1. The first-order valence-corrected chi connectivity index (χ1v) is 5.68. The number of amides is 2. The van der Waals surface area contributed by atoms with Gasteiger partial charge in [-0.3, -0.25) is 4.90 Å².